The van der Waals surface area contributed by atoms with Gasteiger partial charge in [0.05, 0.1) is 12.6 Å². The number of aromatic nitrogens is 1. The van der Waals surface area contributed by atoms with Crippen LogP contribution in [0.1, 0.15) is 24.3 Å². The lowest BCUT2D eigenvalue weighted by Crippen LogP contribution is -2.38. The Morgan fingerprint density at radius 1 is 1.56 bits per heavy atom. The number of ether oxygens (including phenoxy) is 1. The lowest BCUT2D eigenvalue weighted by atomic mass is 10.2. The molecule has 0 aliphatic rings. The first-order chi connectivity index (χ1) is 8.60. The van der Waals surface area contributed by atoms with Crippen LogP contribution in [0.15, 0.2) is 18.2 Å². The van der Waals surface area contributed by atoms with Crippen LogP contribution >= 0.6 is 0 Å². The zero-order valence-electron chi connectivity index (χ0n) is 11.4. The van der Waals surface area contributed by atoms with E-state index in [-0.39, 0.29) is 11.9 Å². The van der Waals surface area contributed by atoms with Crippen molar-refractivity contribution in [1.82, 2.24) is 9.88 Å². The van der Waals surface area contributed by atoms with Gasteiger partial charge >= 0.3 is 0 Å². The molecule has 100 valence electrons. The Kier molecular flexibility index (Phi) is 5.58. The second-order valence-corrected chi connectivity index (χ2v) is 4.16. The van der Waals surface area contributed by atoms with E-state index < -0.39 is 0 Å². The molecule has 1 heterocycles. The van der Waals surface area contributed by atoms with Crippen LogP contribution in [0.3, 0.4) is 0 Å². The predicted octanol–water partition coefficient (Wildman–Crippen LogP) is 1.62. The minimum atomic E-state index is -0.0979. The summed E-state index contributed by atoms with van der Waals surface area (Å²) in [6.45, 7) is 5.22. The minimum Gasteiger partial charge on any atom is -0.383 e. The van der Waals surface area contributed by atoms with E-state index in [4.69, 9.17) is 4.74 Å². The number of likely N-dealkylation sites (N-methyl/N-ethyl adjacent to an activating group) is 1. The maximum Gasteiger partial charge on any atom is 0.272 e. The fraction of sp³-hybridized carbons (Fsp3) is 0.538. The molecule has 0 bridgehead atoms. The fourth-order valence-electron chi connectivity index (χ4n) is 1.57. The lowest BCUT2D eigenvalue weighted by molar-refractivity contribution is 0.0628. The summed E-state index contributed by atoms with van der Waals surface area (Å²) >= 11 is 0. The van der Waals surface area contributed by atoms with Crippen LogP contribution < -0.4 is 5.32 Å². The van der Waals surface area contributed by atoms with Gasteiger partial charge in [-0.25, -0.2) is 4.98 Å². The predicted molar refractivity (Wildman–Crippen MR) is 71.8 cm³/mol. The number of amides is 1. The topological polar surface area (TPSA) is 54.5 Å². The summed E-state index contributed by atoms with van der Waals surface area (Å²) < 4.78 is 5.05. The first-order valence-corrected chi connectivity index (χ1v) is 6.07. The second-order valence-electron chi connectivity index (χ2n) is 4.16. The Morgan fingerprint density at radius 2 is 2.28 bits per heavy atom. The monoisotopic (exact) mass is 251 g/mol. The molecule has 0 aromatic carbocycles. The first-order valence-electron chi connectivity index (χ1n) is 6.07. The molecule has 0 aliphatic heterocycles. The highest BCUT2D eigenvalue weighted by atomic mass is 16.5. The van der Waals surface area contributed by atoms with Gasteiger partial charge in [-0.2, -0.15) is 0 Å². The number of pyridine rings is 1. The minimum absolute atomic E-state index is 0.0205. The molecular formula is C13H21N3O2. The van der Waals surface area contributed by atoms with Crippen LogP contribution in [0.2, 0.25) is 0 Å². The Morgan fingerprint density at radius 3 is 2.89 bits per heavy atom. The van der Waals surface area contributed by atoms with Gasteiger partial charge in [-0.15, -0.1) is 0 Å². The van der Waals surface area contributed by atoms with Crippen LogP contribution in [0.5, 0.6) is 0 Å². The molecule has 0 radical (unpaired) electrons. The van der Waals surface area contributed by atoms with Crippen molar-refractivity contribution >= 4 is 11.7 Å². The average Bonchev–Trinajstić information content (AvgIpc) is 2.38. The Bertz CT molecular complexity index is 396. The zero-order valence-corrected chi connectivity index (χ0v) is 11.4. The van der Waals surface area contributed by atoms with Crippen LogP contribution in [0.25, 0.3) is 0 Å². The van der Waals surface area contributed by atoms with E-state index in [1.807, 2.05) is 26.0 Å². The summed E-state index contributed by atoms with van der Waals surface area (Å²) in [4.78, 5) is 18.1. The normalized spacial score (nSPS) is 12.0. The summed E-state index contributed by atoms with van der Waals surface area (Å²) in [5.41, 5.74) is 0.443. The molecule has 1 aromatic heterocycles. The van der Waals surface area contributed by atoms with Gasteiger partial charge in [0, 0.05) is 20.7 Å². The third kappa shape index (κ3) is 3.70. The van der Waals surface area contributed by atoms with Crippen molar-refractivity contribution in [1.29, 1.82) is 0 Å². The number of anilines is 1. The molecule has 5 nitrogen and oxygen atoms in total. The van der Waals surface area contributed by atoms with E-state index in [9.17, 15) is 4.79 Å². The van der Waals surface area contributed by atoms with Crippen molar-refractivity contribution in [2.24, 2.45) is 0 Å². The quantitative estimate of drug-likeness (QED) is 0.834. The van der Waals surface area contributed by atoms with E-state index in [0.29, 0.717) is 12.3 Å². The van der Waals surface area contributed by atoms with E-state index in [1.54, 1.807) is 25.1 Å². The maximum atomic E-state index is 12.2. The van der Waals surface area contributed by atoms with E-state index in [2.05, 4.69) is 10.3 Å². The van der Waals surface area contributed by atoms with E-state index >= 15 is 0 Å². The molecule has 5 heteroatoms. The molecule has 0 fully saturated rings. The molecule has 1 N–H and O–H groups in total. The average molecular weight is 251 g/mol. The molecule has 1 unspecified atom stereocenters. The van der Waals surface area contributed by atoms with Gasteiger partial charge in [0.2, 0.25) is 0 Å². The molecule has 1 aromatic rings. The van der Waals surface area contributed by atoms with Gasteiger partial charge in [-0.3, -0.25) is 4.79 Å². The SMILES string of the molecule is CCNc1cccc(C(=O)N(C)C(C)COC)n1. The van der Waals surface area contributed by atoms with Gasteiger partial charge in [-0.1, -0.05) is 6.07 Å². The number of carbonyl (C=O) groups is 1. The highest BCUT2D eigenvalue weighted by molar-refractivity contribution is 5.92. The summed E-state index contributed by atoms with van der Waals surface area (Å²) in [6, 6.07) is 5.41. The summed E-state index contributed by atoms with van der Waals surface area (Å²) in [7, 11) is 3.38. The molecule has 0 saturated carbocycles. The second kappa shape index (κ2) is 6.96. The van der Waals surface area contributed by atoms with Crippen molar-refractivity contribution in [3.63, 3.8) is 0 Å². The van der Waals surface area contributed by atoms with Crippen molar-refractivity contribution < 1.29 is 9.53 Å². The first kappa shape index (κ1) is 14.4. The summed E-state index contributed by atoms with van der Waals surface area (Å²) in [5.74, 6) is 0.621. The highest BCUT2D eigenvalue weighted by Crippen LogP contribution is 2.08. The lowest BCUT2D eigenvalue weighted by Gasteiger charge is -2.24. The molecule has 0 spiro atoms. The molecular weight excluding hydrogens is 230 g/mol. The van der Waals surface area contributed by atoms with Crippen molar-refractivity contribution in [2.45, 2.75) is 19.9 Å². The van der Waals surface area contributed by atoms with Crippen LogP contribution in [-0.2, 0) is 4.74 Å². The third-order valence-electron chi connectivity index (χ3n) is 2.72. The van der Waals surface area contributed by atoms with E-state index in [0.717, 1.165) is 12.4 Å². The number of carbonyl (C=O) groups excluding carboxylic acids is 1. The number of nitrogens with one attached hydrogen (secondary N) is 1. The number of methoxy groups -OCH3 is 1. The van der Waals surface area contributed by atoms with E-state index in [1.165, 1.54) is 0 Å². The van der Waals surface area contributed by atoms with Crippen molar-refractivity contribution in [3.05, 3.63) is 23.9 Å². The Hall–Kier alpha value is -1.62. The molecule has 18 heavy (non-hydrogen) atoms. The van der Waals surface area contributed by atoms with Crippen LogP contribution in [-0.4, -0.2) is 49.1 Å². The smallest absolute Gasteiger partial charge is 0.272 e. The van der Waals surface area contributed by atoms with Crippen LogP contribution in [0.4, 0.5) is 5.82 Å². The van der Waals surface area contributed by atoms with Gasteiger partial charge in [-0.05, 0) is 26.0 Å². The third-order valence-corrected chi connectivity index (χ3v) is 2.72. The summed E-state index contributed by atoms with van der Waals surface area (Å²) in [6.07, 6.45) is 0. The van der Waals surface area contributed by atoms with Gasteiger partial charge < -0.3 is 15.0 Å². The Labute approximate surface area is 108 Å². The fourth-order valence-corrected chi connectivity index (χ4v) is 1.57. The Balaban J connectivity index is 2.79. The number of nitrogens with zero attached hydrogens (tertiary/aromatic N) is 2. The molecule has 0 aliphatic carbocycles. The van der Waals surface area contributed by atoms with Crippen LogP contribution in [0, 0.1) is 0 Å². The molecule has 1 rings (SSSR count). The maximum absolute atomic E-state index is 12.2. The highest BCUT2D eigenvalue weighted by Gasteiger charge is 2.18. The standard InChI is InChI=1S/C13H21N3O2/c1-5-14-12-8-6-7-11(15-12)13(17)16(3)10(2)9-18-4/h6-8,10H,5,9H2,1-4H3,(H,14,15). The van der Waals surface area contributed by atoms with Gasteiger partial charge in [0.15, 0.2) is 0 Å². The largest absolute Gasteiger partial charge is 0.383 e. The number of hydrogen-bond acceptors (Lipinski definition) is 4. The molecule has 0 saturated heterocycles. The molecule has 1 amide bonds. The van der Waals surface area contributed by atoms with Crippen molar-refractivity contribution in [2.75, 3.05) is 32.6 Å². The molecule has 1 atom stereocenters. The van der Waals surface area contributed by atoms with Crippen molar-refractivity contribution in [3.8, 4) is 0 Å². The van der Waals surface area contributed by atoms with Gasteiger partial charge in [0.1, 0.15) is 11.5 Å². The van der Waals surface area contributed by atoms with Gasteiger partial charge in [0.25, 0.3) is 5.91 Å². The number of rotatable bonds is 6. The zero-order chi connectivity index (χ0) is 13.5. The summed E-state index contributed by atoms with van der Waals surface area (Å²) in [5, 5.41) is 3.09. The number of hydrogen-bond donors (Lipinski definition) is 1.